The molecule has 0 spiro atoms. The minimum Gasteiger partial charge on any atom is -0.385 e. The fourth-order valence-corrected chi connectivity index (χ4v) is 2.31. The smallest absolute Gasteiger partial charge is 0.227 e. The Morgan fingerprint density at radius 3 is 2.57 bits per heavy atom. The molecule has 0 bridgehead atoms. The van der Waals surface area contributed by atoms with Crippen molar-refractivity contribution in [3.63, 3.8) is 0 Å². The lowest BCUT2D eigenvalue weighted by Gasteiger charge is -2.23. The average molecular weight is 304 g/mol. The first-order valence-corrected chi connectivity index (χ1v) is 7.10. The van der Waals surface area contributed by atoms with Crippen molar-refractivity contribution in [1.29, 1.82) is 0 Å². The summed E-state index contributed by atoms with van der Waals surface area (Å²) < 4.78 is 0. The Morgan fingerprint density at radius 1 is 1.24 bits per heavy atom. The summed E-state index contributed by atoms with van der Waals surface area (Å²) in [4.78, 5) is 12.2. The second-order valence-electron chi connectivity index (χ2n) is 5.32. The van der Waals surface area contributed by atoms with Gasteiger partial charge >= 0.3 is 0 Å². The quantitative estimate of drug-likeness (QED) is 0.900. The number of amides is 1. The maximum Gasteiger partial charge on any atom is 0.227 e. The molecule has 3 nitrogen and oxygen atoms in total. The van der Waals surface area contributed by atoms with Crippen LogP contribution in [0.5, 0.6) is 0 Å². The monoisotopic (exact) mass is 303 g/mol. The van der Waals surface area contributed by atoms with E-state index in [1.807, 2.05) is 31.2 Å². The molecule has 110 valence electrons. The molecule has 4 heteroatoms. The zero-order chi connectivity index (χ0) is 15.5. The largest absolute Gasteiger partial charge is 0.385 e. The molecule has 0 saturated carbocycles. The maximum atomic E-state index is 12.2. The summed E-state index contributed by atoms with van der Waals surface area (Å²) in [6.07, 6.45) is -0.0248. The topological polar surface area (TPSA) is 49.3 Å². The van der Waals surface area contributed by atoms with Crippen molar-refractivity contribution in [2.45, 2.75) is 25.9 Å². The molecule has 0 heterocycles. The summed E-state index contributed by atoms with van der Waals surface area (Å²) in [7, 11) is 0. The van der Waals surface area contributed by atoms with Gasteiger partial charge in [0.25, 0.3) is 0 Å². The summed E-state index contributed by atoms with van der Waals surface area (Å²) in [6, 6.07) is 14.5. The fourth-order valence-electron chi connectivity index (χ4n) is 2.14. The molecular formula is C17H18ClNO2. The summed E-state index contributed by atoms with van der Waals surface area (Å²) in [5.41, 5.74) is 1.09. The number of carbonyl (C=O) groups is 1. The van der Waals surface area contributed by atoms with E-state index in [-0.39, 0.29) is 12.3 Å². The van der Waals surface area contributed by atoms with E-state index in [1.165, 1.54) is 0 Å². The first kappa shape index (κ1) is 15.5. The molecule has 0 radical (unpaired) electrons. The van der Waals surface area contributed by atoms with Gasteiger partial charge in [0.15, 0.2) is 0 Å². The number of nitrogens with one attached hydrogen (secondary N) is 1. The van der Waals surface area contributed by atoms with Crippen molar-refractivity contribution >= 4 is 23.2 Å². The van der Waals surface area contributed by atoms with Gasteiger partial charge in [0.2, 0.25) is 5.91 Å². The number of aliphatic hydroxyl groups is 1. The predicted octanol–water partition coefficient (Wildman–Crippen LogP) is 3.88. The Kier molecular flexibility index (Phi) is 4.66. The van der Waals surface area contributed by atoms with Crippen LogP contribution in [0.25, 0.3) is 0 Å². The van der Waals surface area contributed by atoms with Crippen molar-refractivity contribution in [2.24, 2.45) is 0 Å². The first-order chi connectivity index (χ1) is 9.88. The van der Waals surface area contributed by atoms with Gasteiger partial charge in [-0.15, -0.1) is 0 Å². The van der Waals surface area contributed by atoms with E-state index in [9.17, 15) is 9.90 Å². The Labute approximate surface area is 129 Å². The Hall–Kier alpha value is -1.84. The third kappa shape index (κ3) is 4.06. The number of anilines is 1. The molecule has 1 atom stereocenters. The van der Waals surface area contributed by atoms with Gasteiger partial charge in [-0.25, -0.2) is 0 Å². The van der Waals surface area contributed by atoms with E-state index in [4.69, 9.17) is 11.6 Å². The van der Waals surface area contributed by atoms with Crippen LogP contribution in [-0.2, 0) is 10.4 Å². The van der Waals surface area contributed by atoms with E-state index in [0.29, 0.717) is 16.3 Å². The average Bonchev–Trinajstić information content (AvgIpc) is 2.43. The number of carbonyl (C=O) groups excluding carboxylic acids is 1. The Balaban J connectivity index is 2.09. The number of rotatable bonds is 4. The van der Waals surface area contributed by atoms with Crippen molar-refractivity contribution in [3.05, 3.63) is 64.7 Å². The SMILES string of the molecule is Cc1ccc(Cl)cc1NC(=O)CC(C)(O)c1ccccc1. The van der Waals surface area contributed by atoms with Crippen LogP contribution < -0.4 is 5.32 Å². The molecule has 0 saturated heterocycles. The lowest BCUT2D eigenvalue weighted by molar-refractivity contribution is -0.120. The van der Waals surface area contributed by atoms with E-state index in [1.54, 1.807) is 31.2 Å². The van der Waals surface area contributed by atoms with Crippen molar-refractivity contribution in [1.82, 2.24) is 0 Å². The molecule has 1 amide bonds. The van der Waals surface area contributed by atoms with E-state index in [0.717, 1.165) is 5.56 Å². The molecule has 0 aliphatic rings. The number of hydrogen-bond donors (Lipinski definition) is 2. The van der Waals surface area contributed by atoms with Crippen LogP contribution in [0.15, 0.2) is 48.5 Å². The summed E-state index contributed by atoms with van der Waals surface area (Å²) >= 11 is 5.93. The molecular weight excluding hydrogens is 286 g/mol. The molecule has 1 unspecified atom stereocenters. The van der Waals surface area contributed by atoms with Crippen LogP contribution in [0.4, 0.5) is 5.69 Å². The maximum absolute atomic E-state index is 12.2. The second-order valence-corrected chi connectivity index (χ2v) is 5.76. The van der Waals surface area contributed by atoms with Crippen molar-refractivity contribution in [2.75, 3.05) is 5.32 Å². The number of halogens is 1. The van der Waals surface area contributed by atoms with Crippen molar-refractivity contribution < 1.29 is 9.90 Å². The minimum absolute atomic E-state index is 0.0248. The van der Waals surface area contributed by atoms with Crippen LogP contribution in [0.2, 0.25) is 5.02 Å². The summed E-state index contributed by atoms with van der Waals surface area (Å²) in [5.74, 6) is -0.255. The highest BCUT2D eigenvalue weighted by Crippen LogP contribution is 2.26. The summed E-state index contributed by atoms with van der Waals surface area (Å²) in [6.45, 7) is 3.52. The Morgan fingerprint density at radius 2 is 1.90 bits per heavy atom. The van der Waals surface area contributed by atoms with Crippen molar-refractivity contribution in [3.8, 4) is 0 Å². The third-order valence-electron chi connectivity index (χ3n) is 3.37. The highest BCUT2D eigenvalue weighted by molar-refractivity contribution is 6.31. The van der Waals surface area contributed by atoms with Gasteiger partial charge in [0, 0.05) is 10.7 Å². The van der Waals surface area contributed by atoms with Crippen LogP contribution >= 0.6 is 11.6 Å². The number of aryl methyl sites for hydroxylation is 1. The normalized spacial score (nSPS) is 13.5. The lowest BCUT2D eigenvalue weighted by Crippen LogP contribution is -2.28. The van der Waals surface area contributed by atoms with Gasteiger partial charge in [-0.3, -0.25) is 4.79 Å². The fraction of sp³-hybridized carbons (Fsp3) is 0.235. The highest BCUT2D eigenvalue weighted by atomic mass is 35.5. The molecule has 2 rings (SSSR count). The molecule has 0 aliphatic heterocycles. The minimum atomic E-state index is -1.21. The molecule has 2 aromatic rings. The standard InChI is InChI=1S/C17H18ClNO2/c1-12-8-9-14(18)10-15(12)19-16(20)11-17(2,21)13-6-4-3-5-7-13/h3-10,21H,11H2,1-2H3,(H,19,20). The number of hydrogen-bond acceptors (Lipinski definition) is 2. The van der Waals surface area contributed by atoms with Gasteiger partial charge in [-0.1, -0.05) is 48.0 Å². The van der Waals surface area contributed by atoms with Gasteiger partial charge in [0.1, 0.15) is 0 Å². The van der Waals surface area contributed by atoms with Crippen LogP contribution in [-0.4, -0.2) is 11.0 Å². The van der Waals surface area contributed by atoms with Gasteiger partial charge < -0.3 is 10.4 Å². The van der Waals surface area contributed by atoms with E-state index < -0.39 is 5.60 Å². The second kappa shape index (κ2) is 6.29. The molecule has 0 fully saturated rings. The van der Waals surface area contributed by atoms with Gasteiger partial charge in [-0.05, 0) is 37.1 Å². The van der Waals surface area contributed by atoms with Gasteiger partial charge in [0.05, 0.1) is 12.0 Å². The zero-order valence-corrected chi connectivity index (χ0v) is 12.8. The van der Waals surface area contributed by atoms with Crippen LogP contribution in [0, 0.1) is 6.92 Å². The van der Waals surface area contributed by atoms with Gasteiger partial charge in [-0.2, -0.15) is 0 Å². The lowest BCUT2D eigenvalue weighted by atomic mass is 9.92. The first-order valence-electron chi connectivity index (χ1n) is 6.72. The Bertz CT molecular complexity index is 638. The number of benzene rings is 2. The predicted molar refractivity (Wildman–Crippen MR) is 85.4 cm³/mol. The molecule has 0 aromatic heterocycles. The highest BCUT2D eigenvalue weighted by Gasteiger charge is 2.26. The molecule has 2 aromatic carbocycles. The van der Waals surface area contributed by atoms with E-state index >= 15 is 0 Å². The third-order valence-corrected chi connectivity index (χ3v) is 3.61. The van der Waals surface area contributed by atoms with E-state index in [2.05, 4.69) is 5.32 Å². The molecule has 21 heavy (non-hydrogen) atoms. The summed E-state index contributed by atoms with van der Waals surface area (Å²) in [5, 5.41) is 13.8. The van der Waals surface area contributed by atoms with Crippen LogP contribution in [0.1, 0.15) is 24.5 Å². The molecule has 0 aliphatic carbocycles. The molecule has 2 N–H and O–H groups in total. The zero-order valence-electron chi connectivity index (χ0n) is 12.1. The van der Waals surface area contributed by atoms with Crippen LogP contribution in [0.3, 0.4) is 0 Å².